The Labute approximate surface area is 162 Å². The highest BCUT2D eigenvalue weighted by atomic mass is 35.5. The van der Waals surface area contributed by atoms with Gasteiger partial charge in [-0.25, -0.2) is 0 Å². The number of aromatic nitrogens is 1. The van der Waals surface area contributed by atoms with Crippen LogP contribution in [-0.2, 0) is 16.1 Å². The molecule has 0 spiro atoms. The molecule has 1 aromatic heterocycles. The van der Waals surface area contributed by atoms with Crippen LogP contribution in [0.5, 0.6) is 0 Å². The van der Waals surface area contributed by atoms with Crippen LogP contribution in [0.1, 0.15) is 30.6 Å². The first kappa shape index (κ1) is 18.7. The van der Waals surface area contributed by atoms with E-state index in [0.29, 0.717) is 23.1 Å². The van der Waals surface area contributed by atoms with E-state index in [1.165, 1.54) is 0 Å². The number of nitrogens with one attached hydrogen (secondary N) is 1. The lowest BCUT2D eigenvalue weighted by molar-refractivity contribution is -0.129. The minimum absolute atomic E-state index is 0.0296. The number of hydrogen-bond donors (Lipinski definition) is 1. The number of hydrogen-bond acceptors (Lipinski definition) is 3. The first-order valence-electron chi connectivity index (χ1n) is 8.37. The van der Waals surface area contributed by atoms with Crippen LogP contribution in [0.25, 0.3) is 0 Å². The van der Waals surface area contributed by atoms with E-state index >= 15 is 0 Å². The Hall–Kier alpha value is -2.11. The summed E-state index contributed by atoms with van der Waals surface area (Å²) in [7, 11) is 0. The molecule has 2 aromatic rings. The van der Waals surface area contributed by atoms with Crippen LogP contribution in [0.2, 0.25) is 10.0 Å². The molecule has 0 aliphatic carbocycles. The molecule has 2 atom stereocenters. The molecule has 1 N–H and O–H groups in total. The predicted molar refractivity (Wildman–Crippen MR) is 101 cm³/mol. The van der Waals surface area contributed by atoms with Gasteiger partial charge in [0.15, 0.2) is 0 Å². The Morgan fingerprint density at radius 2 is 2.12 bits per heavy atom. The van der Waals surface area contributed by atoms with Crippen molar-refractivity contribution in [3.63, 3.8) is 0 Å². The van der Waals surface area contributed by atoms with Crippen LogP contribution in [0.3, 0.4) is 0 Å². The van der Waals surface area contributed by atoms with Crippen molar-refractivity contribution in [2.24, 2.45) is 5.92 Å². The van der Waals surface area contributed by atoms with E-state index in [0.717, 1.165) is 11.3 Å². The molecular weight excluding hydrogens is 373 g/mol. The third kappa shape index (κ3) is 4.34. The Morgan fingerprint density at radius 1 is 1.31 bits per heavy atom. The van der Waals surface area contributed by atoms with Gasteiger partial charge < -0.3 is 10.2 Å². The van der Waals surface area contributed by atoms with Gasteiger partial charge in [0, 0.05) is 19.2 Å². The van der Waals surface area contributed by atoms with Crippen molar-refractivity contribution in [2.45, 2.75) is 25.9 Å². The van der Waals surface area contributed by atoms with Crippen LogP contribution in [0, 0.1) is 5.92 Å². The highest BCUT2D eigenvalue weighted by Crippen LogP contribution is 2.26. The van der Waals surface area contributed by atoms with Gasteiger partial charge in [0.25, 0.3) is 0 Å². The topological polar surface area (TPSA) is 62.3 Å². The number of amides is 2. The van der Waals surface area contributed by atoms with E-state index in [1.807, 2.05) is 31.2 Å². The molecule has 26 heavy (non-hydrogen) atoms. The molecule has 3 rings (SSSR count). The molecule has 0 radical (unpaired) electrons. The maximum absolute atomic E-state index is 12.6. The molecule has 2 unspecified atom stereocenters. The molecule has 1 aliphatic heterocycles. The zero-order valence-corrected chi connectivity index (χ0v) is 15.8. The van der Waals surface area contributed by atoms with Gasteiger partial charge in [-0.3, -0.25) is 14.6 Å². The number of halogens is 2. The lowest BCUT2D eigenvalue weighted by Gasteiger charge is -2.19. The number of benzene rings is 1. The summed E-state index contributed by atoms with van der Waals surface area (Å²) in [5.41, 5.74) is 1.67. The number of likely N-dealkylation sites (tertiary alicyclic amines) is 1. The summed E-state index contributed by atoms with van der Waals surface area (Å²) in [4.78, 5) is 30.7. The molecule has 2 heterocycles. The molecule has 136 valence electrons. The van der Waals surface area contributed by atoms with Gasteiger partial charge in [-0.15, -0.1) is 0 Å². The SMILES string of the molecule is CC(NC(=O)C1CC(=O)N(Cc2ccccn2)C1)c1ccc(Cl)c(Cl)c1. The van der Waals surface area contributed by atoms with Gasteiger partial charge in [0.05, 0.1) is 34.2 Å². The second-order valence-corrected chi connectivity index (χ2v) is 7.21. The molecule has 5 nitrogen and oxygen atoms in total. The Morgan fingerprint density at radius 3 is 2.81 bits per heavy atom. The van der Waals surface area contributed by atoms with Crippen molar-refractivity contribution in [1.29, 1.82) is 0 Å². The van der Waals surface area contributed by atoms with Crippen LogP contribution < -0.4 is 5.32 Å². The molecular formula is C19H19Cl2N3O2. The number of carbonyl (C=O) groups excluding carboxylic acids is 2. The van der Waals surface area contributed by atoms with Gasteiger partial charge in [-0.2, -0.15) is 0 Å². The molecule has 0 saturated carbocycles. The summed E-state index contributed by atoms with van der Waals surface area (Å²) in [6.45, 7) is 2.70. The van der Waals surface area contributed by atoms with E-state index in [4.69, 9.17) is 23.2 Å². The average molecular weight is 392 g/mol. The largest absolute Gasteiger partial charge is 0.349 e. The minimum atomic E-state index is -0.364. The fourth-order valence-corrected chi connectivity index (χ4v) is 3.29. The third-order valence-corrected chi connectivity index (χ3v) is 5.21. The quantitative estimate of drug-likeness (QED) is 0.846. The molecule has 1 fully saturated rings. The lowest BCUT2D eigenvalue weighted by atomic mass is 10.0. The number of carbonyl (C=O) groups is 2. The Balaban J connectivity index is 1.59. The molecule has 0 bridgehead atoms. The Kier molecular flexibility index (Phi) is 5.79. The number of pyridine rings is 1. The zero-order valence-electron chi connectivity index (χ0n) is 14.3. The van der Waals surface area contributed by atoms with Crippen molar-refractivity contribution in [3.05, 3.63) is 63.9 Å². The average Bonchev–Trinajstić information content (AvgIpc) is 2.99. The second-order valence-electron chi connectivity index (χ2n) is 6.40. The van der Waals surface area contributed by atoms with E-state index in [-0.39, 0.29) is 30.2 Å². The lowest BCUT2D eigenvalue weighted by Crippen LogP contribution is -2.34. The first-order valence-corrected chi connectivity index (χ1v) is 9.12. The van der Waals surface area contributed by atoms with Gasteiger partial charge in [-0.1, -0.05) is 35.3 Å². The predicted octanol–water partition coefficient (Wildman–Crippen LogP) is 3.61. The first-order chi connectivity index (χ1) is 12.4. The molecule has 1 aromatic carbocycles. The Bertz CT molecular complexity index is 814. The highest BCUT2D eigenvalue weighted by molar-refractivity contribution is 6.42. The highest BCUT2D eigenvalue weighted by Gasteiger charge is 2.34. The standard InChI is InChI=1S/C19H19Cl2N3O2/c1-12(13-5-6-16(20)17(21)8-13)23-19(26)14-9-18(25)24(10-14)11-15-4-2-3-7-22-15/h2-8,12,14H,9-11H2,1H3,(H,23,26). The molecule has 1 saturated heterocycles. The summed E-state index contributed by atoms with van der Waals surface area (Å²) < 4.78 is 0. The summed E-state index contributed by atoms with van der Waals surface area (Å²) >= 11 is 12.0. The smallest absolute Gasteiger partial charge is 0.225 e. The van der Waals surface area contributed by atoms with E-state index in [9.17, 15) is 9.59 Å². The van der Waals surface area contributed by atoms with Crippen molar-refractivity contribution in [1.82, 2.24) is 15.2 Å². The van der Waals surface area contributed by atoms with Crippen LogP contribution in [0.15, 0.2) is 42.6 Å². The fourth-order valence-electron chi connectivity index (χ4n) is 2.98. The number of rotatable bonds is 5. The number of nitrogens with zero attached hydrogens (tertiary/aromatic N) is 2. The van der Waals surface area contributed by atoms with E-state index < -0.39 is 0 Å². The fraction of sp³-hybridized carbons (Fsp3) is 0.316. The summed E-state index contributed by atoms with van der Waals surface area (Å²) in [6.07, 6.45) is 1.91. The summed E-state index contributed by atoms with van der Waals surface area (Å²) in [5, 5.41) is 3.87. The maximum Gasteiger partial charge on any atom is 0.225 e. The monoisotopic (exact) mass is 391 g/mol. The van der Waals surface area contributed by atoms with Gasteiger partial charge in [0.1, 0.15) is 0 Å². The van der Waals surface area contributed by atoms with Gasteiger partial charge in [0.2, 0.25) is 11.8 Å². The van der Waals surface area contributed by atoms with Crippen molar-refractivity contribution >= 4 is 35.0 Å². The van der Waals surface area contributed by atoms with Crippen molar-refractivity contribution in [3.8, 4) is 0 Å². The maximum atomic E-state index is 12.6. The second kappa shape index (κ2) is 8.06. The van der Waals surface area contributed by atoms with Crippen molar-refractivity contribution < 1.29 is 9.59 Å². The summed E-state index contributed by atoms with van der Waals surface area (Å²) in [5.74, 6) is -0.533. The van der Waals surface area contributed by atoms with Crippen LogP contribution >= 0.6 is 23.2 Å². The van der Waals surface area contributed by atoms with Crippen LogP contribution in [-0.4, -0.2) is 28.2 Å². The van der Waals surface area contributed by atoms with Gasteiger partial charge in [-0.05, 0) is 36.8 Å². The van der Waals surface area contributed by atoms with E-state index in [2.05, 4.69) is 10.3 Å². The zero-order chi connectivity index (χ0) is 18.7. The molecule has 2 amide bonds. The summed E-state index contributed by atoms with van der Waals surface area (Å²) in [6, 6.07) is 10.6. The molecule has 7 heteroatoms. The minimum Gasteiger partial charge on any atom is -0.349 e. The van der Waals surface area contributed by atoms with Crippen LogP contribution in [0.4, 0.5) is 0 Å². The third-order valence-electron chi connectivity index (χ3n) is 4.47. The van der Waals surface area contributed by atoms with Gasteiger partial charge >= 0.3 is 0 Å². The van der Waals surface area contributed by atoms with Crippen molar-refractivity contribution in [2.75, 3.05) is 6.54 Å². The molecule has 1 aliphatic rings. The van der Waals surface area contributed by atoms with E-state index in [1.54, 1.807) is 23.2 Å². The normalized spacial score (nSPS) is 18.0.